The molecule has 1 fully saturated rings. The van der Waals surface area contributed by atoms with Crippen LogP contribution in [0.3, 0.4) is 0 Å². The first kappa shape index (κ1) is 17.5. The maximum atomic E-state index is 12.6. The zero-order valence-corrected chi connectivity index (χ0v) is 14.4. The predicted molar refractivity (Wildman–Crippen MR) is 88.7 cm³/mol. The van der Waals surface area contributed by atoms with Crippen LogP contribution in [-0.2, 0) is 0 Å². The maximum Gasteiger partial charge on any atom is 0.254 e. The Labute approximate surface area is 135 Å². The highest BCUT2D eigenvalue weighted by atomic mass is 79.9. The van der Waals surface area contributed by atoms with Gasteiger partial charge in [-0.05, 0) is 57.0 Å². The van der Waals surface area contributed by atoms with E-state index in [9.17, 15) is 4.79 Å². The van der Waals surface area contributed by atoms with Crippen molar-refractivity contribution in [3.8, 4) is 0 Å². The molecule has 1 heterocycles. The normalized spacial score (nSPS) is 18.6. The molecule has 3 nitrogen and oxygen atoms in total. The summed E-state index contributed by atoms with van der Waals surface area (Å²) in [6, 6.07) is 5.83. The number of rotatable bonds is 3. The Morgan fingerprint density at radius 2 is 2.25 bits per heavy atom. The van der Waals surface area contributed by atoms with Crippen molar-refractivity contribution in [2.24, 2.45) is 5.92 Å². The number of hydrogen-bond acceptors (Lipinski definition) is 2. The summed E-state index contributed by atoms with van der Waals surface area (Å²) in [4.78, 5) is 14.6. The van der Waals surface area contributed by atoms with E-state index >= 15 is 0 Å². The molecule has 0 bridgehead atoms. The second-order valence-electron chi connectivity index (χ2n) is 5.23. The van der Waals surface area contributed by atoms with E-state index in [2.05, 4.69) is 21.2 Å². The van der Waals surface area contributed by atoms with Crippen LogP contribution in [0.1, 0.15) is 28.8 Å². The predicted octanol–water partition coefficient (Wildman–Crippen LogP) is 3.25. The zero-order chi connectivity index (χ0) is 13.8. The average Bonchev–Trinajstić information content (AvgIpc) is 2.42. The van der Waals surface area contributed by atoms with Crippen LogP contribution >= 0.6 is 28.3 Å². The van der Waals surface area contributed by atoms with Gasteiger partial charge >= 0.3 is 0 Å². The first-order valence-corrected chi connectivity index (χ1v) is 7.61. The van der Waals surface area contributed by atoms with Gasteiger partial charge in [-0.3, -0.25) is 4.79 Å². The van der Waals surface area contributed by atoms with E-state index in [0.29, 0.717) is 5.92 Å². The van der Waals surface area contributed by atoms with Gasteiger partial charge in [0.25, 0.3) is 5.91 Å². The van der Waals surface area contributed by atoms with Crippen molar-refractivity contribution in [2.45, 2.75) is 19.8 Å². The van der Waals surface area contributed by atoms with Crippen molar-refractivity contribution in [3.63, 3.8) is 0 Å². The molecule has 0 radical (unpaired) electrons. The molecule has 1 unspecified atom stereocenters. The SMILES string of the molecule is CNCC1CCCN(C(=O)c2cccc(Br)c2C)C1.Cl. The van der Waals surface area contributed by atoms with Gasteiger partial charge in [-0.1, -0.05) is 22.0 Å². The fraction of sp³-hybridized carbons (Fsp3) is 0.533. The van der Waals surface area contributed by atoms with Gasteiger partial charge in [0.1, 0.15) is 0 Å². The van der Waals surface area contributed by atoms with Crippen LogP contribution in [0, 0.1) is 12.8 Å². The summed E-state index contributed by atoms with van der Waals surface area (Å²) < 4.78 is 1.00. The highest BCUT2D eigenvalue weighted by molar-refractivity contribution is 9.10. The Hall–Kier alpha value is -0.580. The molecule has 5 heteroatoms. The summed E-state index contributed by atoms with van der Waals surface area (Å²) in [6.45, 7) is 4.73. The first-order valence-electron chi connectivity index (χ1n) is 6.82. The van der Waals surface area contributed by atoms with E-state index < -0.39 is 0 Å². The van der Waals surface area contributed by atoms with E-state index in [1.807, 2.05) is 37.1 Å². The van der Waals surface area contributed by atoms with E-state index in [1.54, 1.807) is 0 Å². The van der Waals surface area contributed by atoms with Gasteiger partial charge < -0.3 is 10.2 Å². The van der Waals surface area contributed by atoms with Gasteiger partial charge in [0.05, 0.1) is 0 Å². The second-order valence-corrected chi connectivity index (χ2v) is 6.08. The monoisotopic (exact) mass is 360 g/mol. The Morgan fingerprint density at radius 3 is 2.95 bits per heavy atom. The van der Waals surface area contributed by atoms with E-state index in [1.165, 1.54) is 6.42 Å². The standard InChI is InChI=1S/C15H21BrN2O.ClH/c1-11-13(6-3-7-14(11)16)15(19)18-8-4-5-12(10-18)9-17-2;/h3,6-7,12,17H,4-5,8-10H2,1-2H3;1H. The third-order valence-electron chi connectivity index (χ3n) is 3.80. The largest absolute Gasteiger partial charge is 0.338 e. The quantitative estimate of drug-likeness (QED) is 0.896. The van der Waals surface area contributed by atoms with Crippen molar-refractivity contribution < 1.29 is 4.79 Å². The third kappa shape index (κ3) is 3.96. The van der Waals surface area contributed by atoms with Gasteiger partial charge in [0.2, 0.25) is 0 Å². The molecule has 20 heavy (non-hydrogen) atoms. The number of halogens is 2. The van der Waals surface area contributed by atoms with Crippen molar-refractivity contribution in [2.75, 3.05) is 26.7 Å². The number of hydrogen-bond donors (Lipinski definition) is 1. The first-order chi connectivity index (χ1) is 9.13. The van der Waals surface area contributed by atoms with Gasteiger partial charge in [-0.25, -0.2) is 0 Å². The molecule has 1 atom stereocenters. The highest BCUT2D eigenvalue weighted by Crippen LogP contribution is 2.23. The molecule has 1 aromatic rings. The topological polar surface area (TPSA) is 32.3 Å². The lowest BCUT2D eigenvalue weighted by Gasteiger charge is -2.33. The summed E-state index contributed by atoms with van der Waals surface area (Å²) >= 11 is 3.49. The molecular formula is C15H22BrClN2O. The molecule has 0 spiro atoms. The molecule has 112 valence electrons. The maximum absolute atomic E-state index is 12.6. The Balaban J connectivity index is 0.00000200. The summed E-state index contributed by atoms with van der Waals surface area (Å²) in [5, 5.41) is 3.21. The van der Waals surface area contributed by atoms with Crippen LogP contribution < -0.4 is 5.32 Å². The summed E-state index contributed by atoms with van der Waals surface area (Å²) in [5.41, 5.74) is 1.85. The molecule has 2 rings (SSSR count). The lowest BCUT2D eigenvalue weighted by Crippen LogP contribution is -2.42. The van der Waals surface area contributed by atoms with E-state index in [-0.39, 0.29) is 18.3 Å². The molecule has 0 aromatic heterocycles. The van der Waals surface area contributed by atoms with Gasteiger partial charge in [-0.15, -0.1) is 12.4 Å². The summed E-state index contributed by atoms with van der Waals surface area (Å²) in [7, 11) is 1.97. The molecular weight excluding hydrogens is 340 g/mol. The Kier molecular flexibility index (Phi) is 7.00. The lowest BCUT2D eigenvalue weighted by molar-refractivity contribution is 0.0673. The van der Waals surface area contributed by atoms with Crippen molar-refractivity contribution in [1.29, 1.82) is 0 Å². The molecule has 1 aromatic carbocycles. The molecule has 1 aliphatic heterocycles. The minimum absolute atomic E-state index is 0. The zero-order valence-electron chi connectivity index (χ0n) is 12.0. The number of piperidine rings is 1. The van der Waals surface area contributed by atoms with Gasteiger partial charge in [-0.2, -0.15) is 0 Å². The average molecular weight is 362 g/mol. The van der Waals surface area contributed by atoms with Gasteiger partial charge in [0.15, 0.2) is 0 Å². The van der Waals surface area contributed by atoms with E-state index in [4.69, 9.17) is 0 Å². The Bertz CT molecular complexity index is 465. The number of carbonyl (C=O) groups excluding carboxylic acids is 1. The number of nitrogens with zero attached hydrogens (tertiary/aromatic N) is 1. The molecule has 1 saturated heterocycles. The number of carbonyl (C=O) groups is 1. The van der Waals surface area contributed by atoms with Crippen molar-refractivity contribution in [1.82, 2.24) is 10.2 Å². The minimum atomic E-state index is 0. The van der Waals surface area contributed by atoms with Crippen LogP contribution in [0.4, 0.5) is 0 Å². The fourth-order valence-corrected chi connectivity index (χ4v) is 3.08. The minimum Gasteiger partial charge on any atom is -0.338 e. The number of nitrogens with one attached hydrogen (secondary N) is 1. The smallest absolute Gasteiger partial charge is 0.254 e. The lowest BCUT2D eigenvalue weighted by atomic mass is 9.97. The van der Waals surface area contributed by atoms with E-state index in [0.717, 1.165) is 41.7 Å². The Morgan fingerprint density at radius 1 is 1.50 bits per heavy atom. The summed E-state index contributed by atoms with van der Waals surface area (Å²) in [5.74, 6) is 0.745. The second kappa shape index (κ2) is 8.01. The van der Waals surface area contributed by atoms with Crippen LogP contribution in [0.15, 0.2) is 22.7 Å². The van der Waals surface area contributed by atoms with Crippen LogP contribution in [0.5, 0.6) is 0 Å². The number of amides is 1. The van der Waals surface area contributed by atoms with Crippen LogP contribution in [0.25, 0.3) is 0 Å². The molecule has 1 amide bonds. The molecule has 0 saturated carbocycles. The number of likely N-dealkylation sites (tertiary alicyclic amines) is 1. The third-order valence-corrected chi connectivity index (χ3v) is 4.66. The van der Waals surface area contributed by atoms with Gasteiger partial charge in [0, 0.05) is 23.1 Å². The van der Waals surface area contributed by atoms with Crippen molar-refractivity contribution >= 4 is 34.2 Å². The van der Waals surface area contributed by atoms with Crippen molar-refractivity contribution in [3.05, 3.63) is 33.8 Å². The highest BCUT2D eigenvalue weighted by Gasteiger charge is 2.25. The number of benzene rings is 1. The molecule has 0 aliphatic carbocycles. The summed E-state index contributed by atoms with van der Waals surface area (Å²) in [6.07, 6.45) is 2.31. The van der Waals surface area contributed by atoms with Crippen LogP contribution in [0.2, 0.25) is 0 Å². The molecule has 1 N–H and O–H groups in total. The molecule has 1 aliphatic rings. The van der Waals surface area contributed by atoms with Crippen LogP contribution in [-0.4, -0.2) is 37.5 Å². The fourth-order valence-electron chi connectivity index (χ4n) is 2.71.